The number of nitrogens with zero attached hydrogens (tertiary/aromatic N) is 1. The summed E-state index contributed by atoms with van der Waals surface area (Å²) in [6.45, 7) is 3.17. The van der Waals surface area contributed by atoms with Crippen molar-refractivity contribution in [1.82, 2.24) is 10.5 Å². The largest absolute Gasteiger partial charge is 0.394 e. The van der Waals surface area contributed by atoms with Gasteiger partial charge in [0.1, 0.15) is 11.5 Å². The van der Waals surface area contributed by atoms with Crippen molar-refractivity contribution in [2.45, 2.75) is 19.4 Å². The summed E-state index contributed by atoms with van der Waals surface area (Å²) in [6.07, 6.45) is 0. The standard InChI is InChI=1S/C14H15FN2O3/c1-14(2,8-18)16-13(19)12-7-11(17-20-12)9-3-5-10(15)6-4-9/h3-7,18H,8H2,1-2H3,(H,16,19). The minimum Gasteiger partial charge on any atom is -0.394 e. The highest BCUT2D eigenvalue weighted by Crippen LogP contribution is 2.19. The highest BCUT2D eigenvalue weighted by atomic mass is 19.1. The Bertz CT molecular complexity index is 605. The molecule has 0 bridgehead atoms. The lowest BCUT2D eigenvalue weighted by Gasteiger charge is -2.22. The highest BCUT2D eigenvalue weighted by Gasteiger charge is 2.22. The molecular formula is C14H15FN2O3. The van der Waals surface area contributed by atoms with Crippen LogP contribution in [0.2, 0.25) is 0 Å². The lowest BCUT2D eigenvalue weighted by Crippen LogP contribution is -2.46. The summed E-state index contributed by atoms with van der Waals surface area (Å²) in [5.74, 6) is -0.782. The van der Waals surface area contributed by atoms with Crippen molar-refractivity contribution in [2.75, 3.05) is 6.61 Å². The fourth-order valence-corrected chi connectivity index (χ4v) is 1.55. The fraction of sp³-hybridized carbons (Fsp3) is 0.286. The van der Waals surface area contributed by atoms with Crippen molar-refractivity contribution in [3.05, 3.63) is 41.9 Å². The molecule has 0 atom stereocenters. The van der Waals surface area contributed by atoms with E-state index >= 15 is 0 Å². The molecule has 6 heteroatoms. The lowest BCUT2D eigenvalue weighted by atomic mass is 10.1. The van der Waals surface area contributed by atoms with Gasteiger partial charge in [0.2, 0.25) is 5.76 Å². The number of hydrogen-bond donors (Lipinski definition) is 2. The number of benzene rings is 1. The third-order valence-electron chi connectivity index (χ3n) is 2.72. The average Bonchev–Trinajstić information content (AvgIpc) is 2.89. The molecule has 20 heavy (non-hydrogen) atoms. The number of halogens is 1. The molecule has 0 fully saturated rings. The molecule has 2 N–H and O–H groups in total. The quantitative estimate of drug-likeness (QED) is 0.896. The molecule has 1 aromatic heterocycles. The van der Waals surface area contributed by atoms with Crippen molar-refractivity contribution in [3.63, 3.8) is 0 Å². The van der Waals surface area contributed by atoms with E-state index in [2.05, 4.69) is 10.5 Å². The van der Waals surface area contributed by atoms with Crippen molar-refractivity contribution in [2.24, 2.45) is 0 Å². The van der Waals surface area contributed by atoms with E-state index in [0.717, 1.165) is 0 Å². The Morgan fingerprint density at radius 3 is 2.65 bits per heavy atom. The van der Waals surface area contributed by atoms with Gasteiger partial charge in [-0.1, -0.05) is 5.16 Å². The number of aliphatic hydroxyl groups is 1. The van der Waals surface area contributed by atoms with E-state index in [1.54, 1.807) is 26.0 Å². The number of aromatic nitrogens is 1. The molecule has 1 aromatic carbocycles. The second-order valence-corrected chi connectivity index (χ2v) is 5.08. The summed E-state index contributed by atoms with van der Waals surface area (Å²) < 4.78 is 17.8. The minimum absolute atomic E-state index is 0.0332. The van der Waals surface area contributed by atoms with Crippen LogP contribution in [-0.2, 0) is 0 Å². The molecular weight excluding hydrogens is 263 g/mol. The van der Waals surface area contributed by atoms with E-state index in [9.17, 15) is 9.18 Å². The Hall–Kier alpha value is -2.21. The number of aliphatic hydroxyl groups excluding tert-OH is 1. The molecule has 0 unspecified atom stereocenters. The van der Waals surface area contributed by atoms with E-state index in [0.29, 0.717) is 11.3 Å². The Balaban J connectivity index is 2.17. The molecule has 1 heterocycles. The molecule has 0 radical (unpaired) electrons. The lowest BCUT2D eigenvalue weighted by molar-refractivity contribution is 0.0832. The van der Waals surface area contributed by atoms with E-state index in [1.807, 2.05) is 0 Å². The smallest absolute Gasteiger partial charge is 0.290 e. The Morgan fingerprint density at radius 2 is 2.05 bits per heavy atom. The summed E-state index contributed by atoms with van der Waals surface area (Å²) in [6, 6.07) is 7.17. The Morgan fingerprint density at radius 1 is 1.40 bits per heavy atom. The van der Waals surface area contributed by atoms with Gasteiger partial charge in [-0.15, -0.1) is 0 Å². The van der Waals surface area contributed by atoms with Crippen molar-refractivity contribution >= 4 is 5.91 Å². The van der Waals surface area contributed by atoms with Gasteiger partial charge < -0.3 is 14.9 Å². The minimum atomic E-state index is -0.750. The van der Waals surface area contributed by atoms with Crippen LogP contribution >= 0.6 is 0 Å². The van der Waals surface area contributed by atoms with E-state index in [4.69, 9.17) is 9.63 Å². The van der Waals surface area contributed by atoms with Gasteiger partial charge in [0.05, 0.1) is 12.1 Å². The van der Waals surface area contributed by atoms with Crippen LogP contribution in [0.15, 0.2) is 34.9 Å². The number of amides is 1. The number of nitrogens with one attached hydrogen (secondary N) is 1. The van der Waals surface area contributed by atoms with Gasteiger partial charge in [-0.05, 0) is 38.1 Å². The summed E-state index contributed by atoms with van der Waals surface area (Å²) in [7, 11) is 0. The molecule has 0 aliphatic rings. The van der Waals surface area contributed by atoms with Crippen molar-refractivity contribution < 1.29 is 18.8 Å². The van der Waals surface area contributed by atoms with Gasteiger partial charge in [-0.2, -0.15) is 0 Å². The van der Waals surface area contributed by atoms with E-state index in [1.165, 1.54) is 18.2 Å². The Kier molecular flexibility index (Phi) is 3.85. The molecule has 106 valence electrons. The first-order valence-corrected chi connectivity index (χ1v) is 6.07. The van der Waals surface area contributed by atoms with Gasteiger partial charge in [-0.3, -0.25) is 4.79 Å². The summed E-state index contributed by atoms with van der Waals surface area (Å²) in [5, 5.41) is 15.5. The van der Waals surface area contributed by atoms with Crippen molar-refractivity contribution in [3.8, 4) is 11.3 Å². The molecule has 2 aromatic rings. The predicted molar refractivity (Wildman–Crippen MR) is 70.5 cm³/mol. The second kappa shape index (κ2) is 5.42. The highest BCUT2D eigenvalue weighted by molar-refractivity contribution is 5.92. The van der Waals surface area contributed by atoms with Crippen LogP contribution < -0.4 is 5.32 Å². The van der Waals surface area contributed by atoms with Gasteiger partial charge in [-0.25, -0.2) is 4.39 Å². The number of carbonyl (C=O) groups is 1. The van der Waals surface area contributed by atoms with Crippen LogP contribution in [0.4, 0.5) is 4.39 Å². The van der Waals surface area contributed by atoms with Gasteiger partial charge in [0.15, 0.2) is 0 Å². The zero-order valence-electron chi connectivity index (χ0n) is 11.2. The maximum absolute atomic E-state index is 12.8. The number of rotatable bonds is 4. The molecule has 0 spiro atoms. The van der Waals surface area contributed by atoms with Crippen LogP contribution in [0.5, 0.6) is 0 Å². The molecule has 0 aliphatic heterocycles. The summed E-state index contributed by atoms with van der Waals surface area (Å²) >= 11 is 0. The third-order valence-corrected chi connectivity index (χ3v) is 2.72. The summed E-state index contributed by atoms with van der Waals surface area (Å²) in [4.78, 5) is 11.9. The Labute approximate surface area is 115 Å². The topological polar surface area (TPSA) is 75.4 Å². The summed E-state index contributed by atoms with van der Waals surface area (Å²) in [5.41, 5.74) is 0.340. The predicted octanol–water partition coefficient (Wildman–Crippen LogP) is 1.98. The zero-order chi connectivity index (χ0) is 14.8. The van der Waals surface area contributed by atoms with Crippen LogP contribution in [-0.4, -0.2) is 28.3 Å². The SMILES string of the molecule is CC(C)(CO)NC(=O)c1cc(-c2ccc(F)cc2)no1. The van der Waals surface area contributed by atoms with E-state index < -0.39 is 11.4 Å². The maximum Gasteiger partial charge on any atom is 0.290 e. The number of hydrogen-bond acceptors (Lipinski definition) is 4. The maximum atomic E-state index is 12.8. The zero-order valence-corrected chi connectivity index (χ0v) is 11.2. The first-order chi connectivity index (χ1) is 9.41. The normalized spacial score (nSPS) is 11.4. The van der Waals surface area contributed by atoms with Crippen LogP contribution in [0.1, 0.15) is 24.4 Å². The molecule has 0 saturated carbocycles. The van der Waals surface area contributed by atoms with Crippen LogP contribution in [0.3, 0.4) is 0 Å². The van der Waals surface area contributed by atoms with Gasteiger partial charge in [0, 0.05) is 11.6 Å². The van der Waals surface area contributed by atoms with Crippen LogP contribution in [0.25, 0.3) is 11.3 Å². The first kappa shape index (κ1) is 14.2. The van der Waals surface area contributed by atoms with Crippen molar-refractivity contribution in [1.29, 1.82) is 0 Å². The molecule has 1 amide bonds. The first-order valence-electron chi connectivity index (χ1n) is 6.07. The number of carbonyl (C=O) groups excluding carboxylic acids is 1. The second-order valence-electron chi connectivity index (χ2n) is 5.08. The van der Waals surface area contributed by atoms with Gasteiger partial charge in [0.25, 0.3) is 5.91 Å². The van der Waals surface area contributed by atoms with Crippen LogP contribution in [0, 0.1) is 5.82 Å². The third kappa shape index (κ3) is 3.21. The molecule has 5 nitrogen and oxygen atoms in total. The molecule has 2 rings (SSSR count). The average molecular weight is 278 g/mol. The monoisotopic (exact) mass is 278 g/mol. The molecule has 0 saturated heterocycles. The van der Waals surface area contributed by atoms with E-state index in [-0.39, 0.29) is 18.2 Å². The molecule has 0 aliphatic carbocycles. The fourth-order valence-electron chi connectivity index (χ4n) is 1.55. The van der Waals surface area contributed by atoms with Gasteiger partial charge >= 0.3 is 0 Å².